The highest BCUT2D eigenvalue weighted by atomic mass is 32.3. The molecule has 1 aromatic rings. The van der Waals surface area contributed by atoms with Crippen LogP contribution in [0, 0.1) is 5.82 Å². The highest BCUT2D eigenvalue weighted by molar-refractivity contribution is 7.86. The molecule has 0 aliphatic rings. The zero-order valence-corrected chi connectivity index (χ0v) is 8.35. The smallest absolute Gasteiger partial charge is 0.342 e. The molecular formula is C8H6F2O4S. The fourth-order valence-electron chi connectivity index (χ4n) is 1.01. The van der Waals surface area contributed by atoms with E-state index in [1.54, 1.807) is 0 Å². The third kappa shape index (κ3) is 2.30. The van der Waals surface area contributed by atoms with Crippen LogP contribution in [0.15, 0.2) is 23.1 Å². The van der Waals surface area contributed by atoms with E-state index in [1.807, 2.05) is 0 Å². The minimum atomic E-state index is -5.15. The standard InChI is InChI=1S/C8H6F2O4S/c1-14-8(11)7-5(9)3-2-4-6(7)15(10,12)13/h2-4H,1H3. The van der Waals surface area contributed by atoms with Gasteiger partial charge in [0.2, 0.25) is 0 Å². The normalized spacial score (nSPS) is 11.1. The number of hydrogen-bond donors (Lipinski definition) is 0. The van der Waals surface area contributed by atoms with Gasteiger partial charge in [-0.3, -0.25) is 0 Å². The summed E-state index contributed by atoms with van der Waals surface area (Å²) >= 11 is 0. The topological polar surface area (TPSA) is 60.4 Å². The van der Waals surface area contributed by atoms with Crippen LogP contribution < -0.4 is 0 Å². The minimum absolute atomic E-state index is 0.782. The quantitative estimate of drug-likeness (QED) is 0.573. The lowest BCUT2D eigenvalue weighted by Gasteiger charge is -2.04. The molecule has 0 aliphatic heterocycles. The van der Waals surface area contributed by atoms with Gasteiger partial charge in [-0.2, -0.15) is 8.42 Å². The van der Waals surface area contributed by atoms with Crippen LogP contribution in [0.4, 0.5) is 8.28 Å². The van der Waals surface area contributed by atoms with Crippen molar-refractivity contribution in [3.8, 4) is 0 Å². The fourth-order valence-corrected chi connectivity index (χ4v) is 1.67. The number of ether oxygens (including phenoxy) is 1. The molecular weight excluding hydrogens is 230 g/mol. The third-order valence-corrected chi connectivity index (χ3v) is 2.49. The average Bonchev–Trinajstić information content (AvgIpc) is 2.15. The van der Waals surface area contributed by atoms with E-state index in [1.165, 1.54) is 0 Å². The first-order chi connectivity index (χ1) is 6.88. The second-order valence-corrected chi connectivity index (χ2v) is 3.86. The summed E-state index contributed by atoms with van der Waals surface area (Å²) in [6.45, 7) is 0. The van der Waals surface area contributed by atoms with E-state index in [0.717, 1.165) is 25.3 Å². The molecule has 0 amide bonds. The van der Waals surface area contributed by atoms with Gasteiger partial charge >= 0.3 is 16.2 Å². The van der Waals surface area contributed by atoms with Crippen molar-refractivity contribution >= 4 is 16.2 Å². The van der Waals surface area contributed by atoms with E-state index >= 15 is 0 Å². The van der Waals surface area contributed by atoms with Crippen LogP contribution in [0.3, 0.4) is 0 Å². The molecule has 15 heavy (non-hydrogen) atoms. The Morgan fingerprint density at radius 2 is 2.00 bits per heavy atom. The van der Waals surface area contributed by atoms with Gasteiger partial charge in [-0.25, -0.2) is 9.18 Å². The lowest BCUT2D eigenvalue weighted by atomic mass is 10.2. The molecule has 4 nitrogen and oxygen atoms in total. The lowest BCUT2D eigenvalue weighted by Crippen LogP contribution is -2.10. The third-order valence-electron chi connectivity index (χ3n) is 1.63. The molecule has 0 unspecified atom stereocenters. The van der Waals surface area contributed by atoms with Gasteiger partial charge in [-0.1, -0.05) is 6.07 Å². The zero-order chi connectivity index (χ0) is 11.6. The second-order valence-electron chi connectivity index (χ2n) is 2.54. The number of rotatable bonds is 2. The van der Waals surface area contributed by atoms with Crippen molar-refractivity contribution < 1.29 is 26.2 Å². The molecule has 7 heteroatoms. The van der Waals surface area contributed by atoms with Crippen molar-refractivity contribution in [2.75, 3.05) is 7.11 Å². The molecule has 0 saturated heterocycles. The van der Waals surface area contributed by atoms with Gasteiger partial charge in [0.25, 0.3) is 0 Å². The van der Waals surface area contributed by atoms with Crippen LogP contribution in [-0.4, -0.2) is 21.5 Å². The molecule has 0 atom stereocenters. The summed E-state index contributed by atoms with van der Waals surface area (Å²) in [4.78, 5) is 9.98. The summed E-state index contributed by atoms with van der Waals surface area (Å²) in [5.41, 5.74) is -0.928. The highest BCUT2D eigenvalue weighted by Crippen LogP contribution is 2.21. The van der Waals surface area contributed by atoms with Crippen molar-refractivity contribution in [1.82, 2.24) is 0 Å². The van der Waals surface area contributed by atoms with Gasteiger partial charge in [0.05, 0.1) is 7.11 Å². The summed E-state index contributed by atoms with van der Waals surface area (Å²) < 4.78 is 51.1. The zero-order valence-electron chi connectivity index (χ0n) is 7.53. The minimum Gasteiger partial charge on any atom is -0.465 e. The molecule has 0 aromatic heterocycles. The number of esters is 1. The van der Waals surface area contributed by atoms with Crippen LogP contribution in [0.25, 0.3) is 0 Å². The second kappa shape index (κ2) is 3.93. The van der Waals surface area contributed by atoms with Gasteiger partial charge in [0.15, 0.2) is 0 Å². The molecule has 0 heterocycles. The molecule has 0 radical (unpaired) electrons. The SMILES string of the molecule is COC(=O)c1c(F)cccc1S(=O)(=O)F. The largest absolute Gasteiger partial charge is 0.465 e. The number of halogens is 2. The van der Waals surface area contributed by atoms with Crippen molar-refractivity contribution in [3.63, 3.8) is 0 Å². The van der Waals surface area contributed by atoms with E-state index in [4.69, 9.17) is 0 Å². The van der Waals surface area contributed by atoms with Gasteiger partial charge in [0.1, 0.15) is 16.3 Å². The molecule has 1 aromatic carbocycles. The Morgan fingerprint density at radius 1 is 1.40 bits per heavy atom. The summed E-state index contributed by atoms with van der Waals surface area (Å²) in [5, 5.41) is 0. The van der Waals surface area contributed by atoms with Gasteiger partial charge in [-0.05, 0) is 12.1 Å². The van der Waals surface area contributed by atoms with Crippen LogP contribution in [0.5, 0.6) is 0 Å². The predicted molar refractivity (Wildman–Crippen MR) is 46.0 cm³/mol. The van der Waals surface area contributed by atoms with Gasteiger partial charge < -0.3 is 4.74 Å². The van der Waals surface area contributed by atoms with Crippen molar-refractivity contribution in [1.29, 1.82) is 0 Å². The molecule has 0 N–H and O–H groups in total. The Morgan fingerprint density at radius 3 is 2.47 bits per heavy atom. The van der Waals surface area contributed by atoms with E-state index in [9.17, 15) is 21.5 Å². The Balaban J connectivity index is 3.54. The maximum absolute atomic E-state index is 13.1. The number of carbonyl (C=O) groups is 1. The van der Waals surface area contributed by atoms with E-state index in [-0.39, 0.29) is 0 Å². The van der Waals surface area contributed by atoms with E-state index in [0.29, 0.717) is 0 Å². The van der Waals surface area contributed by atoms with Gasteiger partial charge in [0, 0.05) is 0 Å². The van der Waals surface area contributed by atoms with Crippen molar-refractivity contribution in [2.24, 2.45) is 0 Å². The lowest BCUT2D eigenvalue weighted by molar-refractivity contribution is 0.0590. The number of benzene rings is 1. The van der Waals surface area contributed by atoms with Crippen LogP contribution in [0.2, 0.25) is 0 Å². The Hall–Kier alpha value is -1.50. The molecule has 0 bridgehead atoms. The summed E-state index contributed by atoms with van der Waals surface area (Å²) in [7, 11) is -4.22. The monoisotopic (exact) mass is 236 g/mol. The van der Waals surface area contributed by atoms with Crippen molar-refractivity contribution in [2.45, 2.75) is 4.90 Å². The number of carbonyl (C=O) groups excluding carboxylic acids is 1. The summed E-state index contributed by atoms with van der Waals surface area (Å²) in [6, 6.07) is 2.60. The Kier molecular flexibility index (Phi) is 3.04. The first-order valence-corrected chi connectivity index (χ1v) is 5.07. The number of hydrogen-bond acceptors (Lipinski definition) is 4. The first-order valence-electron chi connectivity index (χ1n) is 3.69. The molecule has 1 rings (SSSR count). The van der Waals surface area contributed by atoms with Crippen molar-refractivity contribution in [3.05, 3.63) is 29.6 Å². The molecule has 0 saturated carbocycles. The molecule has 0 fully saturated rings. The summed E-state index contributed by atoms with van der Waals surface area (Å²) in [6.07, 6.45) is 0. The summed E-state index contributed by atoms with van der Waals surface area (Å²) in [5.74, 6) is -2.40. The van der Waals surface area contributed by atoms with Crippen LogP contribution in [0.1, 0.15) is 10.4 Å². The van der Waals surface area contributed by atoms with E-state index in [2.05, 4.69) is 4.74 Å². The Bertz CT molecular complexity index is 495. The molecule has 0 aliphatic carbocycles. The maximum atomic E-state index is 13.1. The van der Waals surface area contributed by atoms with Gasteiger partial charge in [-0.15, -0.1) is 3.89 Å². The average molecular weight is 236 g/mol. The fraction of sp³-hybridized carbons (Fsp3) is 0.125. The highest BCUT2D eigenvalue weighted by Gasteiger charge is 2.25. The number of methoxy groups -OCH3 is 1. The Labute approximate surface area is 84.7 Å². The molecule has 82 valence electrons. The molecule has 0 spiro atoms. The first kappa shape index (κ1) is 11.6. The van der Waals surface area contributed by atoms with Crippen LogP contribution >= 0.6 is 0 Å². The van der Waals surface area contributed by atoms with E-state index < -0.39 is 32.5 Å². The maximum Gasteiger partial charge on any atom is 0.342 e. The van der Waals surface area contributed by atoms with Crippen LogP contribution in [-0.2, 0) is 15.0 Å². The predicted octanol–water partition coefficient (Wildman–Crippen LogP) is 1.27.